The molecule has 29 heavy (non-hydrogen) atoms. The summed E-state index contributed by atoms with van der Waals surface area (Å²) in [7, 11) is -3.78. The first-order valence-electron chi connectivity index (χ1n) is 8.54. The Labute approximate surface area is 166 Å². The second-order valence-corrected chi connectivity index (χ2v) is 9.08. The number of sulfonamides is 1. The number of non-ortho nitro benzene ring substituents is 1. The maximum absolute atomic E-state index is 12.6. The van der Waals surface area contributed by atoms with Crippen LogP contribution >= 0.6 is 0 Å². The molecule has 0 aliphatic heterocycles. The van der Waals surface area contributed by atoms with Crippen LogP contribution in [0.15, 0.2) is 47.4 Å². The van der Waals surface area contributed by atoms with Crippen LogP contribution in [0.2, 0.25) is 0 Å². The van der Waals surface area contributed by atoms with E-state index in [1.165, 1.54) is 42.5 Å². The van der Waals surface area contributed by atoms with E-state index < -0.39 is 26.4 Å². The molecule has 152 valence electrons. The molecule has 0 radical (unpaired) electrons. The van der Waals surface area contributed by atoms with E-state index in [1.807, 2.05) is 0 Å². The Morgan fingerprint density at radius 2 is 1.90 bits per heavy atom. The van der Waals surface area contributed by atoms with E-state index in [4.69, 9.17) is 0 Å². The van der Waals surface area contributed by atoms with Crippen molar-refractivity contribution in [2.45, 2.75) is 31.2 Å². The zero-order chi connectivity index (χ0) is 21.4. The van der Waals surface area contributed by atoms with E-state index in [9.17, 15) is 23.3 Å². The number of nitro groups is 1. The Bertz CT molecular complexity index is 1210. The van der Waals surface area contributed by atoms with Gasteiger partial charge < -0.3 is 5.32 Å². The Balaban J connectivity index is 1.90. The molecule has 1 amide bonds. The van der Waals surface area contributed by atoms with Gasteiger partial charge in [0.05, 0.1) is 15.3 Å². The third kappa shape index (κ3) is 4.58. The van der Waals surface area contributed by atoms with Gasteiger partial charge in [-0.1, -0.05) is 6.07 Å². The number of rotatable bonds is 5. The number of hydrogen-bond acceptors (Lipinski definition) is 6. The number of anilines is 1. The molecule has 0 saturated heterocycles. The summed E-state index contributed by atoms with van der Waals surface area (Å²) in [6, 6.07) is 9.79. The summed E-state index contributed by atoms with van der Waals surface area (Å²) >= 11 is 0. The highest BCUT2D eigenvalue weighted by Crippen LogP contribution is 2.23. The van der Waals surface area contributed by atoms with E-state index in [2.05, 4.69) is 20.2 Å². The lowest BCUT2D eigenvalue weighted by Gasteiger charge is -2.20. The maximum atomic E-state index is 12.6. The average molecular weight is 417 g/mol. The summed E-state index contributed by atoms with van der Waals surface area (Å²) in [5, 5.41) is 20.4. The number of amides is 1. The Morgan fingerprint density at radius 1 is 1.17 bits per heavy atom. The van der Waals surface area contributed by atoms with Gasteiger partial charge in [0.15, 0.2) is 5.69 Å². The second-order valence-electron chi connectivity index (χ2n) is 7.40. The molecule has 1 aromatic heterocycles. The first-order valence-corrected chi connectivity index (χ1v) is 10.0. The van der Waals surface area contributed by atoms with Crippen molar-refractivity contribution in [1.29, 1.82) is 0 Å². The third-order valence-corrected chi connectivity index (χ3v) is 5.57. The van der Waals surface area contributed by atoms with Crippen molar-refractivity contribution in [2.24, 2.45) is 0 Å². The number of benzene rings is 2. The molecule has 2 aromatic carbocycles. The Kier molecular flexibility index (Phi) is 5.11. The first-order chi connectivity index (χ1) is 13.5. The van der Waals surface area contributed by atoms with Crippen molar-refractivity contribution in [2.75, 3.05) is 5.32 Å². The number of carbonyl (C=O) groups is 1. The molecule has 11 heteroatoms. The molecule has 1 heterocycles. The molecule has 0 aliphatic rings. The Hall–Kier alpha value is -3.31. The monoisotopic (exact) mass is 417 g/mol. The molecular formula is C18H19N5O5S. The molecule has 0 saturated carbocycles. The fourth-order valence-electron chi connectivity index (χ4n) is 2.68. The largest absolute Gasteiger partial charge is 0.321 e. The quantitative estimate of drug-likeness (QED) is 0.429. The molecule has 10 nitrogen and oxygen atoms in total. The SMILES string of the molecule is CC(C)(C)NS(=O)(=O)c1cccc(NC(=O)c2n[nH]c3ccc([N+](=O)[O-])cc23)c1. The number of aromatic nitrogens is 2. The summed E-state index contributed by atoms with van der Waals surface area (Å²) < 4.78 is 27.5. The van der Waals surface area contributed by atoms with Crippen molar-refractivity contribution in [3.8, 4) is 0 Å². The first kappa shape index (κ1) is 20.4. The highest BCUT2D eigenvalue weighted by Gasteiger charge is 2.23. The van der Waals surface area contributed by atoms with E-state index in [1.54, 1.807) is 20.8 Å². The molecule has 0 spiro atoms. The number of hydrogen-bond donors (Lipinski definition) is 3. The summed E-state index contributed by atoms with van der Waals surface area (Å²) in [5.41, 5.74) is -0.167. The zero-order valence-electron chi connectivity index (χ0n) is 15.9. The second kappa shape index (κ2) is 7.26. The molecule has 3 aromatic rings. The number of aromatic amines is 1. The molecule has 3 rings (SSSR count). The van der Waals surface area contributed by atoms with Crippen LogP contribution in [0.5, 0.6) is 0 Å². The molecule has 0 bridgehead atoms. The van der Waals surface area contributed by atoms with Crippen LogP contribution < -0.4 is 10.0 Å². The van der Waals surface area contributed by atoms with Crippen LogP contribution in [0.4, 0.5) is 11.4 Å². The van der Waals surface area contributed by atoms with Gasteiger partial charge in [0.2, 0.25) is 10.0 Å². The van der Waals surface area contributed by atoms with Crippen molar-refractivity contribution in [3.05, 3.63) is 58.3 Å². The molecule has 0 fully saturated rings. The highest BCUT2D eigenvalue weighted by molar-refractivity contribution is 7.89. The molecule has 0 unspecified atom stereocenters. The number of nitrogens with one attached hydrogen (secondary N) is 3. The topological polar surface area (TPSA) is 147 Å². The number of H-pyrrole nitrogens is 1. The van der Waals surface area contributed by atoms with E-state index in [0.29, 0.717) is 5.52 Å². The minimum atomic E-state index is -3.78. The van der Waals surface area contributed by atoms with Crippen LogP contribution in [0.1, 0.15) is 31.3 Å². The van der Waals surface area contributed by atoms with Crippen molar-refractivity contribution < 1.29 is 18.1 Å². The molecule has 0 aliphatic carbocycles. The molecule has 3 N–H and O–H groups in total. The summed E-state index contributed by atoms with van der Waals surface area (Å²) in [4.78, 5) is 23.0. The van der Waals surface area contributed by atoms with E-state index in [-0.39, 0.29) is 27.4 Å². The highest BCUT2D eigenvalue weighted by atomic mass is 32.2. The predicted molar refractivity (Wildman–Crippen MR) is 107 cm³/mol. The lowest BCUT2D eigenvalue weighted by atomic mass is 10.1. The van der Waals surface area contributed by atoms with Crippen molar-refractivity contribution in [1.82, 2.24) is 14.9 Å². The molecule has 0 atom stereocenters. The van der Waals surface area contributed by atoms with Gasteiger partial charge in [-0.05, 0) is 45.0 Å². The number of fused-ring (bicyclic) bond motifs is 1. The van der Waals surface area contributed by atoms with Crippen LogP contribution in [-0.2, 0) is 10.0 Å². The number of nitrogens with zero attached hydrogens (tertiary/aromatic N) is 2. The van der Waals surface area contributed by atoms with E-state index >= 15 is 0 Å². The lowest BCUT2D eigenvalue weighted by molar-refractivity contribution is -0.384. The summed E-state index contributed by atoms with van der Waals surface area (Å²) in [5.74, 6) is -0.630. The van der Waals surface area contributed by atoms with Crippen LogP contribution in [0, 0.1) is 10.1 Å². The summed E-state index contributed by atoms with van der Waals surface area (Å²) in [6.45, 7) is 5.16. The summed E-state index contributed by atoms with van der Waals surface area (Å²) in [6.07, 6.45) is 0. The van der Waals surface area contributed by atoms with Crippen LogP contribution in [0.25, 0.3) is 10.9 Å². The fourth-order valence-corrected chi connectivity index (χ4v) is 4.15. The predicted octanol–water partition coefficient (Wildman–Crippen LogP) is 2.80. The van der Waals surface area contributed by atoms with Crippen LogP contribution in [-0.4, -0.2) is 35.0 Å². The maximum Gasteiger partial charge on any atom is 0.276 e. The van der Waals surface area contributed by atoms with Gasteiger partial charge in [-0.15, -0.1) is 0 Å². The number of carbonyl (C=O) groups excluding carboxylic acids is 1. The van der Waals surface area contributed by atoms with Gasteiger partial charge in [-0.2, -0.15) is 5.10 Å². The smallest absolute Gasteiger partial charge is 0.276 e. The number of nitro benzene ring substituents is 1. The fraction of sp³-hybridized carbons (Fsp3) is 0.222. The molecular weight excluding hydrogens is 398 g/mol. The standard InChI is InChI=1S/C18H19N5O5S/c1-18(2,3)22-29(27,28)13-6-4-5-11(9-13)19-17(24)16-14-10-12(23(25)26)7-8-15(14)20-21-16/h4-10,22H,1-3H3,(H,19,24)(H,20,21). The van der Waals surface area contributed by atoms with Gasteiger partial charge in [0.1, 0.15) is 0 Å². The van der Waals surface area contributed by atoms with Gasteiger partial charge in [0.25, 0.3) is 11.6 Å². The van der Waals surface area contributed by atoms with Crippen LogP contribution in [0.3, 0.4) is 0 Å². The van der Waals surface area contributed by atoms with Gasteiger partial charge in [-0.3, -0.25) is 20.0 Å². The van der Waals surface area contributed by atoms with Crippen molar-refractivity contribution >= 4 is 38.2 Å². The van der Waals surface area contributed by atoms with Gasteiger partial charge in [0, 0.05) is 28.7 Å². The Morgan fingerprint density at radius 3 is 2.55 bits per heavy atom. The average Bonchev–Trinajstić information content (AvgIpc) is 3.03. The van der Waals surface area contributed by atoms with E-state index in [0.717, 1.165) is 0 Å². The third-order valence-electron chi connectivity index (χ3n) is 3.82. The van der Waals surface area contributed by atoms with Gasteiger partial charge >= 0.3 is 0 Å². The van der Waals surface area contributed by atoms with Crippen molar-refractivity contribution in [3.63, 3.8) is 0 Å². The minimum absolute atomic E-state index is 0.00671. The normalized spacial score (nSPS) is 12.1. The lowest BCUT2D eigenvalue weighted by Crippen LogP contribution is -2.40. The van der Waals surface area contributed by atoms with Gasteiger partial charge in [-0.25, -0.2) is 13.1 Å². The zero-order valence-corrected chi connectivity index (χ0v) is 16.7. The minimum Gasteiger partial charge on any atom is -0.321 e.